The van der Waals surface area contributed by atoms with Crippen molar-refractivity contribution in [3.05, 3.63) is 12.2 Å². The molecule has 0 aromatic rings. The highest BCUT2D eigenvalue weighted by Crippen LogP contribution is 2.38. The van der Waals surface area contributed by atoms with Crippen molar-refractivity contribution in [2.24, 2.45) is 5.92 Å². The summed E-state index contributed by atoms with van der Waals surface area (Å²) in [5.41, 5.74) is -0.725. The third kappa shape index (κ3) is 10.5. The quantitative estimate of drug-likeness (QED) is 0.213. The average Bonchev–Trinajstić information content (AvgIpc) is 2.96. The van der Waals surface area contributed by atoms with E-state index < -0.39 is 17.7 Å². The monoisotopic (exact) mass is 442 g/mol. The van der Waals surface area contributed by atoms with Crippen LogP contribution in [0.4, 0.5) is 0 Å². The second-order valence-electron chi connectivity index (χ2n) is 8.75. The van der Waals surface area contributed by atoms with E-state index in [9.17, 15) is 19.8 Å². The van der Waals surface area contributed by atoms with E-state index in [1.165, 1.54) is 0 Å². The fourth-order valence-electron chi connectivity index (χ4n) is 4.08. The summed E-state index contributed by atoms with van der Waals surface area (Å²) in [7, 11) is 0. The summed E-state index contributed by atoms with van der Waals surface area (Å²) in [6, 6.07) is 0. The standard InChI is InChI=1S/C24H42O5S/c1-3-5-11-15-24(29,16-12-6-4-2)18-30-23-19(20(25)17-21(23)26)13-9-7-8-10-14-22(27)28/h7,9,19,21,23,26,29H,3-6,8,10-18H2,1-2H3,(H,27,28)/t19-,21?,23+/m0/s1. The van der Waals surface area contributed by atoms with Gasteiger partial charge in [-0.05, 0) is 32.1 Å². The first-order chi connectivity index (χ1) is 14.3. The van der Waals surface area contributed by atoms with Crippen LogP contribution < -0.4 is 0 Å². The Morgan fingerprint density at radius 3 is 2.30 bits per heavy atom. The van der Waals surface area contributed by atoms with E-state index in [0.717, 1.165) is 51.4 Å². The average molecular weight is 443 g/mol. The van der Waals surface area contributed by atoms with Crippen molar-refractivity contribution in [3.8, 4) is 0 Å². The Morgan fingerprint density at radius 1 is 1.10 bits per heavy atom. The van der Waals surface area contributed by atoms with Crippen LogP contribution in [0, 0.1) is 5.92 Å². The molecule has 1 saturated carbocycles. The lowest BCUT2D eigenvalue weighted by Gasteiger charge is -2.31. The van der Waals surface area contributed by atoms with Gasteiger partial charge in [-0.15, -0.1) is 0 Å². The molecule has 0 bridgehead atoms. The maximum atomic E-state index is 12.4. The second-order valence-corrected chi connectivity index (χ2v) is 9.92. The van der Waals surface area contributed by atoms with Crippen molar-refractivity contribution in [2.45, 2.75) is 114 Å². The van der Waals surface area contributed by atoms with E-state index in [2.05, 4.69) is 13.8 Å². The highest BCUT2D eigenvalue weighted by molar-refractivity contribution is 8.00. The van der Waals surface area contributed by atoms with E-state index in [1.807, 2.05) is 12.2 Å². The van der Waals surface area contributed by atoms with Gasteiger partial charge >= 0.3 is 5.97 Å². The van der Waals surface area contributed by atoms with Crippen molar-refractivity contribution in [1.29, 1.82) is 0 Å². The number of aliphatic hydroxyl groups excluding tert-OH is 1. The molecule has 0 saturated heterocycles. The predicted molar refractivity (Wildman–Crippen MR) is 124 cm³/mol. The number of allylic oxidation sites excluding steroid dienone is 2. The SMILES string of the molecule is CCCCCC(O)(CCCCC)CS[C@H]1C(O)CC(=O)[C@@H]1CC=CCCCC(=O)O. The number of carbonyl (C=O) groups excluding carboxylic acids is 1. The number of Topliss-reactive ketones (excluding diaryl/α,β-unsaturated/α-hetero) is 1. The lowest BCUT2D eigenvalue weighted by atomic mass is 9.92. The number of rotatable bonds is 17. The molecule has 0 amide bonds. The summed E-state index contributed by atoms with van der Waals surface area (Å²) >= 11 is 1.57. The van der Waals surface area contributed by atoms with Gasteiger partial charge in [-0.3, -0.25) is 9.59 Å². The third-order valence-electron chi connectivity index (χ3n) is 5.95. The molecular formula is C24H42O5S. The minimum atomic E-state index is -0.792. The van der Waals surface area contributed by atoms with Crippen LogP contribution in [-0.2, 0) is 9.59 Å². The van der Waals surface area contributed by atoms with Crippen molar-refractivity contribution in [2.75, 3.05) is 5.75 Å². The molecule has 6 heteroatoms. The number of thioether (sulfide) groups is 1. The fourth-order valence-corrected chi connectivity index (χ4v) is 5.68. The Bertz CT molecular complexity index is 524. The summed E-state index contributed by atoms with van der Waals surface area (Å²) in [5.74, 6) is -0.361. The molecular weight excluding hydrogens is 400 g/mol. The largest absolute Gasteiger partial charge is 0.481 e. The molecule has 1 aliphatic carbocycles. The summed E-state index contributed by atoms with van der Waals surface area (Å²) < 4.78 is 0. The van der Waals surface area contributed by atoms with Crippen molar-refractivity contribution in [3.63, 3.8) is 0 Å². The van der Waals surface area contributed by atoms with E-state index in [4.69, 9.17) is 5.11 Å². The smallest absolute Gasteiger partial charge is 0.303 e. The molecule has 1 rings (SSSR count). The second kappa shape index (κ2) is 15.0. The zero-order chi connectivity index (χ0) is 22.4. The number of aliphatic hydroxyl groups is 2. The van der Waals surface area contributed by atoms with E-state index in [0.29, 0.717) is 25.0 Å². The van der Waals surface area contributed by atoms with Gasteiger partial charge in [0.25, 0.3) is 0 Å². The van der Waals surface area contributed by atoms with E-state index in [-0.39, 0.29) is 29.8 Å². The number of ketones is 1. The predicted octanol–water partition coefficient (Wildman–Crippen LogP) is 5.13. The third-order valence-corrected chi connectivity index (χ3v) is 7.69. The molecule has 3 atom stereocenters. The van der Waals surface area contributed by atoms with Crippen molar-refractivity contribution in [1.82, 2.24) is 0 Å². The van der Waals surface area contributed by atoms with Gasteiger partial charge in [-0.2, -0.15) is 11.8 Å². The fraction of sp³-hybridized carbons (Fsp3) is 0.833. The van der Waals surface area contributed by atoms with Crippen molar-refractivity contribution >= 4 is 23.5 Å². The molecule has 3 N–H and O–H groups in total. The van der Waals surface area contributed by atoms with Crippen LogP contribution in [0.3, 0.4) is 0 Å². The van der Waals surface area contributed by atoms with Crippen LogP contribution in [-0.4, -0.2) is 49.8 Å². The number of unbranched alkanes of at least 4 members (excludes halogenated alkanes) is 5. The number of carboxylic acids is 1. The number of hydrogen-bond donors (Lipinski definition) is 3. The normalized spacial score (nSPS) is 22.3. The van der Waals surface area contributed by atoms with Crippen LogP contribution >= 0.6 is 11.8 Å². The zero-order valence-corrected chi connectivity index (χ0v) is 19.7. The first-order valence-electron chi connectivity index (χ1n) is 11.7. The molecule has 5 nitrogen and oxygen atoms in total. The van der Waals surface area contributed by atoms with Crippen LogP contribution in [0.25, 0.3) is 0 Å². The lowest BCUT2D eigenvalue weighted by Crippen LogP contribution is -2.35. The van der Waals surface area contributed by atoms with Gasteiger partial charge in [0.15, 0.2) is 0 Å². The van der Waals surface area contributed by atoms with Crippen LogP contribution in [0.15, 0.2) is 12.2 Å². The molecule has 0 radical (unpaired) electrons. The van der Waals surface area contributed by atoms with Gasteiger partial charge in [0, 0.05) is 29.8 Å². The lowest BCUT2D eigenvalue weighted by molar-refractivity contribution is -0.137. The first-order valence-corrected chi connectivity index (χ1v) is 12.8. The maximum Gasteiger partial charge on any atom is 0.303 e. The Kier molecular flexibility index (Phi) is 13.6. The molecule has 1 fully saturated rings. The Balaban J connectivity index is 2.61. The zero-order valence-electron chi connectivity index (χ0n) is 18.9. The molecule has 0 aromatic carbocycles. The topological polar surface area (TPSA) is 94.8 Å². The Labute approximate surface area is 186 Å². The van der Waals surface area contributed by atoms with Crippen LogP contribution in [0.2, 0.25) is 0 Å². The maximum absolute atomic E-state index is 12.4. The minimum Gasteiger partial charge on any atom is -0.481 e. The number of aliphatic carboxylic acids is 1. The Hall–Kier alpha value is -0.850. The number of hydrogen-bond acceptors (Lipinski definition) is 5. The molecule has 30 heavy (non-hydrogen) atoms. The number of carbonyl (C=O) groups is 2. The molecule has 0 spiro atoms. The van der Waals surface area contributed by atoms with E-state index >= 15 is 0 Å². The molecule has 0 aromatic heterocycles. The molecule has 0 heterocycles. The molecule has 0 aliphatic heterocycles. The highest BCUT2D eigenvalue weighted by atomic mass is 32.2. The van der Waals surface area contributed by atoms with Gasteiger partial charge in [0.2, 0.25) is 0 Å². The summed E-state index contributed by atoms with van der Waals surface area (Å²) in [6.45, 7) is 4.32. The number of carboxylic acid groups (broad SMARTS) is 1. The van der Waals surface area contributed by atoms with Crippen LogP contribution in [0.5, 0.6) is 0 Å². The van der Waals surface area contributed by atoms with Gasteiger partial charge in [-0.25, -0.2) is 0 Å². The molecule has 1 aliphatic rings. The van der Waals surface area contributed by atoms with Gasteiger partial charge in [-0.1, -0.05) is 64.5 Å². The summed E-state index contributed by atoms with van der Waals surface area (Å²) in [6.07, 6.45) is 13.5. The van der Waals surface area contributed by atoms with Gasteiger partial charge in [0.05, 0.1) is 11.7 Å². The van der Waals surface area contributed by atoms with Gasteiger partial charge in [0.1, 0.15) is 5.78 Å². The first kappa shape index (κ1) is 27.2. The van der Waals surface area contributed by atoms with Gasteiger partial charge < -0.3 is 15.3 Å². The van der Waals surface area contributed by atoms with E-state index in [1.54, 1.807) is 11.8 Å². The van der Waals surface area contributed by atoms with Crippen molar-refractivity contribution < 1.29 is 24.9 Å². The minimum absolute atomic E-state index is 0.0932. The molecule has 174 valence electrons. The summed E-state index contributed by atoms with van der Waals surface area (Å²) in [5, 5.41) is 30.2. The molecule has 1 unspecified atom stereocenters. The van der Waals surface area contributed by atoms with Crippen LogP contribution in [0.1, 0.15) is 97.3 Å². The summed E-state index contributed by atoms with van der Waals surface area (Å²) in [4.78, 5) is 23.0. The Morgan fingerprint density at radius 2 is 1.73 bits per heavy atom. The highest BCUT2D eigenvalue weighted by Gasteiger charge is 2.42.